The molecule has 16 heavy (non-hydrogen) atoms. The molecular formula is C13H14ClNO. The molecule has 3 heteroatoms. The zero-order valence-corrected chi connectivity index (χ0v) is 9.95. The van der Waals surface area contributed by atoms with Crippen LogP contribution in [0.15, 0.2) is 36.4 Å². The second-order valence-electron chi connectivity index (χ2n) is 3.82. The fourth-order valence-corrected chi connectivity index (χ4v) is 2.30. The molecule has 2 rings (SSSR count). The average molecular weight is 236 g/mol. The minimum Gasteiger partial charge on any atom is -0.304 e. The van der Waals surface area contributed by atoms with Crippen LogP contribution in [0.2, 0.25) is 0 Å². The van der Waals surface area contributed by atoms with Gasteiger partial charge in [0, 0.05) is 5.69 Å². The van der Waals surface area contributed by atoms with E-state index in [-0.39, 0.29) is 17.8 Å². The number of fused-ring (bicyclic) bond motifs is 1. The Morgan fingerprint density at radius 2 is 2.31 bits per heavy atom. The Morgan fingerprint density at radius 1 is 1.56 bits per heavy atom. The SMILES string of the molecule is C/C=C/[C@@H]1Cc2ccccc2N1C(=O)CCl. The topological polar surface area (TPSA) is 20.3 Å². The molecule has 1 aromatic rings. The number of anilines is 1. The number of para-hydroxylation sites is 1. The zero-order chi connectivity index (χ0) is 11.5. The molecule has 0 saturated carbocycles. The van der Waals surface area contributed by atoms with Crippen LogP contribution >= 0.6 is 11.6 Å². The van der Waals surface area contributed by atoms with E-state index < -0.39 is 0 Å². The van der Waals surface area contributed by atoms with Crippen molar-refractivity contribution >= 4 is 23.2 Å². The molecule has 1 amide bonds. The van der Waals surface area contributed by atoms with Gasteiger partial charge in [0.1, 0.15) is 5.88 Å². The van der Waals surface area contributed by atoms with Crippen molar-refractivity contribution in [2.24, 2.45) is 0 Å². The van der Waals surface area contributed by atoms with Crippen molar-refractivity contribution in [3.05, 3.63) is 42.0 Å². The molecule has 1 aliphatic heterocycles. The van der Waals surface area contributed by atoms with E-state index in [0.29, 0.717) is 0 Å². The lowest BCUT2D eigenvalue weighted by molar-refractivity contribution is -0.116. The zero-order valence-electron chi connectivity index (χ0n) is 9.19. The fourth-order valence-electron chi connectivity index (χ4n) is 2.17. The van der Waals surface area contributed by atoms with Crippen LogP contribution in [0.3, 0.4) is 0 Å². The maximum Gasteiger partial charge on any atom is 0.242 e. The number of hydrogen-bond acceptors (Lipinski definition) is 1. The maximum absolute atomic E-state index is 11.8. The number of amides is 1. The first kappa shape index (κ1) is 11.2. The number of carbonyl (C=O) groups excluding carboxylic acids is 1. The van der Waals surface area contributed by atoms with E-state index in [4.69, 9.17) is 11.6 Å². The first-order valence-corrected chi connectivity index (χ1v) is 5.90. The van der Waals surface area contributed by atoms with Gasteiger partial charge in [-0.15, -0.1) is 11.6 Å². The van der Waals surface area contributed by atoms with Crippen LogP contribution in [0.5, 0.6) is 0 Å². The molecule has 1 heterocycles. The van der Waals surface area contributed by atoms with E-state index >= 15 is 0 Å². The predicted octanol–water partition coefficient (Wildman–Crippen LogP) is 2.76. The highest BCUT2D eigenvalue weighted by molar-refractivity contribution is 6.29. The van der Waals surface area contributed by atoms with Gasteiger partial charge in [-0.3, -0.25) is 4.79 Å². The van der Waals surface area contributed by atoms with Gasteiger partial charge >= 0.3 is 0 Å². The highest BCUT2D eigenvalue weighted by Gasteiger charge is 2.30. The summed E-state index contributed by atoms with van der Waals surface area (Å²) in [6, 6.07) is 8.11. The molecule has 0 saturated heterocycles. The lowest BCUT2D eigenvalue weighted by Gasteiger charge is -2.22. The summed E-state index contributed by atoms with van der Waals surface area (Å²) in [7, 11) is 0. The number of benzene rings is 1. The van der Waals surface area contributed by atoms with E-state index in [2.05, 4.69) is 6.07 Å². The molecule has 0 aliphatic carbocycles. The number of carbonyl (C=O) groups is 1. The van der Waals surface area contributed by atoms with Gasteiger partial charge in [-0.2, -0.15) is 0 Å². The number of alkyl halides is 1. The second-order valence-corrected chi connectivity index (χ2v) is 4.09. The smallest absolute Gasteiger partial charge is 0.242 e. The van der Waals surface area contributed by atoms with Gasteiger partial charge in [-0.25, -0.2) is 0 Å². The monoisotopic (exact) mass is 235 g/mol. The molecule has 1 aliphatic rings. The Morgan fingerprint density at radius 3 is 3.00 bits per heavy atom. The molecule has 1 aromatic carbocycles. The fraction of sp³-hybridized carbons (Fsp3) is 0.308. The largest absolute Gasteiger partial charge is 0.304 e. The third-order valence-corrected chi connectivity index (χ3v) is 3.04. The summed E-state index contributed by atoms with van der Waals surface area (Å²) in [4.78, 5) is 13.6. The first-order valence-electron chi connectivity index (χ1n) is 5.36. The molecule has 1 atom stereocenters. The summed E-state index contributed by atoms with van der Waals surface area (Å²) in [5.74, 6) is -0.00252. The second kappa shape index (κ2) is 4.71. The minimum absolute atomic E-state index is 0.0301. The molecule has 0 fully saturated rings. The number of hydrogen-bond donors (Lipinski definition) is 0. The van der Waals surface area contributed by atoms with E-state index in [9.17, 15) is 4.79 Å². The maximum atomic E-state index is 11.8. The van der Waals surface area contributed by atoms with Crippen molar-refractivity contribution in [3.63, 3.8) is 0 Å². The number of nitrogens with zero attached hydrogens (tertiary/aromatic N) is 1. The van der Waals surface area contributed by atoms with Crippen LogP contribution in [0.1, 0.15) is 12.5 Å². The predicted molar refractivity (Wildman–Crippen MR) is 67.0 cm³/mol. The van der Waals surface area contributed by atoms with E-state index in [1.807, 2.05) is 37.3 Å². The Hall–Kier alpha value is -1.28. The third kappa shape index (κ3) is 1.85. The van der Waals surface area contributed by atoms with Crippen molar-refractivity contribution in [1.29, 1.82) is 0 Å². The third-order valence-electron chi connectivity index (χ3n) is 2.81. The molecule has 0 bridgehead atoms. The summed E-state index contributed by atoms with van der Waals surface area (Å²) < 4.78 is 0. The molecular weight excluding hydrogens is 222 g/mol. The highest BCUT2D eigenvalue weighted by Crippen LogP contribution is 2.32. The quantitative estimate of drug-likeness (QED) is 0.570. The van der Waals surface area contributed by atoms with Gasteiger partial charge in [0.2, 0.25) is 5.91 Å². The number of halogens is 1. The van der Waals surface area contributed by atoms with Crippen LogP contribution in [-0.2, 0) is 11.2 Å². The summed E-state index contributed by atoms with van der Waals surface area (Å²) in [6.45, 7) is 1.96. The highest BCUT2D eigenvalue weighted by atomic mass is 35.5. The van der Waals surface area contributed by atoms with Crippen molar-refractivity contribution in [3.8, 4) is 0 Å². The summed E-state index contributed by atoms with van der Waals surface area (Å²) in [5, 5.41) is 0. The van der Waals surface area contributed by atoms with E-state index in [0.717, 1.165) is 12.1 Å². The van der Waals surface area contributed by atoms with Gasteiger partial charge in [-0.1, -0.05) is 30.4 Å². The van der Waals surface area contributed by atoms with Crippen LogP contribution in [0.4, 0.5) is 5.69 Å². The molecule has 0 aromatic heterocycles. The Labute approximate surface area is 101 Å². The van der Waals surface area contributed by atoms with Gasteiger partial charge in [-0.05, 0) is 25.0 Å². The molecule has 0 spiro atoms. The lowest BCUT2D eigenvalue weighted by Crippen LogP contribution is -2.37. The molecule has 84 valence electrons. The summed E-state index contributed by atoms with van der Waals surface area (Å²) in [5.41, 5.74) is 2.21. The molecule has 0 N–H and O–H groups in total. The van der Waals surface area contributed by atoms with Gasteiger partial charge in [0.15, 0.2) is 0 Å². The van der Waals surface area contributed by atoms with Crippen LogP contribution in [-0.4, -0.2) is 17.8 Å². The standard InChI is InChI=1S/C13H14ClNO/c1-2-5-11-8-10-6-3-4-7-12(10)15(11)13(16)9-14/h2-7,11H,8-9H2,1H3/b5-2+/t11-/m1/s1. The average Bonchev–Trinajstić information content (AvgIpc) is 2.66. The Bertz CT molecular complexity index is 428. The van der Waals surface area contributed by atoms with Crippen LogP contribution in [0.25, 0.3) is 0 Å². The van der Waals surface area contributed by atoms with E-state index in [1.54, 1.807) is 4.90 Å². The first-order chi connectivity index (χ1) is 7.77. The van der Waals surface area contributed by atoms with Crippen molar-refractivity contribution < 1.29 is 4.79 Å². The molecule has 0 unspecified atom stereocenters. The molecule has 0 radical (unpaired) electrons. The summed E-state index contributed by atoms with van der Waals surface area (Å²) >= 11 is 5.65. The van der Waals surface area contributed by atoms with Crippen LogP contribution in [0, 0.1) is 0 Å². The van der Waals surface area contributed by atoms with Gasteiger partial charge in [0.05, 0.1) is 6.04 Å². The lowest BCUT2D eigenvalue weighted by atomic mass is 10.1. The number of rotatable bonds is 2. The van der Waals surface area contributed by atoms with Crippen molar-refractivity contribution in [1.82, 2.24) is 0 Å². The summed E-state index contributed by atoms with van der Waals surface area (Å²) in [6.07, 6.45) is 4.90. The van der Waals surface area contributed by atoms with Crippen molar-refractivity contribution in [2.45, 2.75) is 19.4 Å². The minimum atomic E-state index is -0.0327. The van der Waals surface area contributed by atoms with Crippen molar-refractivity contribution in [2.75, 3.05) is 10.8 Å². The van der Waals surface area contributed by atoms with Gasteiger partial charge in [0.25, 0.3) is 0 Å². The normalized spacial score (nSPS) is 19.1. The number of allylic oxidation sites excluding steroid dienone is 1. The van der Waals surface area contributed by atoms with Gasteiger partial charge < -0.3 is 4.90 Å². The molecule has 2 nitrogen and oxygen atoms in total. The Balaban J connectivity index is 2.39. The Kier molecular flexibility index (Phi) is 3.30. The van der Waals surface area contributed by atoms with Crippen LogP contribution < -0.4 is 4.90 Å². The van der Waals surface area contributed by atoms with E-state index in [1.165, 1.54) is 5.56 Å².